The zero-order chi connectivity index (χ0) is 74.7. The van der Waals surface area contributed by atoms with Gasteiger partial charge in [-0.15, -0.1) is 12.6 Å². The number of aliphatic carboxylic acids is 1. The summed E-state index contributed by atoms with van der Waals surface area (Å²) in [5.74, 6) is -6.24. The summed E-state index contributed by atoms with van der Waals surface area (Å²) in [7, 11) is -7.65. The van der Waals surface area contributed by atoms with Gasteiger partial charge >= 0.3 is 28.2 Å². The van der Waals surface area contributed by atoms with Crippen LogP contribution >= 0.6 is 0 Å². The lowest BCUT2D eigenvalue weighted by Crippen LogP contribution is -2.65. The predicted molar refractivity (Wildman–Crippen MR) is 358 cm³/mol. The summed E-state index contributed by atoms with van der Waals surface area (Å²) in [6.45, 7) is 1.38. The highest BCUT2D eigenvalue weighted by Gasteiger charge is 2.54. The first-order chi connectivity index (χ1) is 49.1. The molecule has 2 aliphatic heterocycles. The van der Waals surface area contributed by atoms with Crippen molar-refractivity contribution in [1.29, 1.82) is 0 Å². The van der Waals surface area contributed by atoms with Gasteiger partial charge in [-0.1, -0.05) is 80.6 Å². The number of aryl methyl sites for hydroxylation is 1. The lowest BCUT2D eigenvalue weighted by atomic mass is 9.78. The van der Waals surface area contributed by atoms with Gasteiger partial charge in [-0.25, -0.2) is 14.4 Å². The Morgan fingerprint density at radius 1 is 0.757 bits per heavy atom. The lowest BCUT2D eigenvalue weighted by Gasteiger charge is -2.49. The minimum absolute atomic E-state index is 0.00106. The Bertz CT molecular complexity index is 4070. The SMILES string of the molecule is Cc1cc(S(=O)(=O)O)c2c(NCc3cccc(NC(=O)COCCOCC(=O)NCCCC(=O)C4CC(NC(=O)c5cc(=O)[nH]c(=O)[nH]5)C(OC5OC(C)C(O)C(O)C5O)C(OC5OC(CO)C(O)C(O[C@@H](CC6CCCCC6)C(=O)O)C5OC(=O)c5ccccc5)C4)c3)cccc2c1.O=S(=O)=O. The van der Waals surface area contributed by atoms with E-state index >= 15 is 0 Å². The van der Waals surface area contributed by atoms with Crippen LogP contribution in [0.5, 0.6) is 0 Å². The third-order valence-electron chi connectivity index (χ3n) is 17.7. The van der Waals surface area contributed by atoms with Gasteiger partial charge in [-0.2, -0.15) is 8.42 Å². The van der Waals surface area contributed by atoms with Crippen molar-refractivity contribution in [3.05, 3.63) is 134 Å². The molecule has 2 aliphatic carbocycles. The number of ketones is 1. The predicted octanol–water partition coefficient (Wildman–Crippen LogP) is 0.736. The number of carbonyl (C=O) groups is 6. The number of Topliss-reactive ketones (excluding diaryl/α,β-unsaturated/α-hetero) is 1. The number of fused-ring (bicyclic) bond motifs is 1. The maximum atomic E-state index is 14.6. The summed E-state index contributed by atoms with van der Waals surface area (Å²) in [5.41, 5.74) is -0.256. The van der Waals surface area contributed by atoms with Crippen LogP contribution in [0.2, 0.25) is 0 Å². The molecular weight excluding hydrogens is 1400 g/mol. The van der Waals surface area contributed by atoms with Crippen LogP contribution in [0.3, 0.4) is 0 Å². The molecule has 14 unspecified atom stereocenters. The number of rotatable bonds is 31. The van der Waals surface area contributed by atoms with Crippen LogP contribution in [0.15, 0.2) is 105 Å². The summed E-state index contributed by atoms with van der Waals surface area (Å²) in [6.07, 6.45) is -19.2. The van der Waals surface area contributed by atoms with Crippen molar-refractivity contribution in [3.63, 3.8) is 0 Å². The fourth-order valence-electron chi connectivity index (χ4n) is 12.8. The number of hydrogen-bond donors (Lipinski definition) is 13. The molecule has 4 aliphatic rings. The molecule has 36 heteroatoms. The molecule has 0 spiro atoms. The Balaban J connectivity index is 0.00000327. The molecule has 5 aromatic rings. The van der Waals surface area contributed by atoms with Gasteiger partial charge in [0, 0.05) is 48.3 Å². The second-order valence-corrected chi connectivity index (χ2v) is 27.1. The summed E-state index contributed by atoms with van der Waals surface area (Å²) in [4.78, 5) is 110. The number of aliphatic hydroxyl groups excluding tert-OH is 5. The minimum Gasteiger partial charge on any atom is -0.479 e. The topological polar surface area (TPSA) is 517 Å². The van der Waals surface area contributed by atoms with Gasteiger partial charge in [0.15, 0.2) is 24.8 Å². The molecule has 0 bridgehead atoms. The fraction of sp³-hybridized carbons (Fsp3) is 0.522. The highest BCUT2D eigenvalue weighted by atomic mass is 32.2. The smallest absolute Gasteiger partial charge is 0.425 e. The molecular formula is C67H84N6O28S2. The molecule has 3 amide bonds. The van der Waals surface area contributed by atoms with E-state index in [1.807, 2.05) is 4.98 Å². The average molecular weight is 1490 g/mol. The Kier molecular flexibility index (Phi) is 29.6. The Morgan fingerprint density at radius 3 is 2.14 bits per heavy atom. The standard InChI is InChI=1S/C67H84N6O25S.O3S/c1-35-24-40-17-10-19-43(54(40)50(25-35)99(88,89)90)69-31-38-14-9-18-42(26-38)70-53(78)34-92-23-22-91-33-52(77)68-21-11-20-46(75)41-28-44(71-62(83)45-30-51(76)73-67(87)72-45)59(98-65-58(82)57(81)55(79)36(2)93-65)47(29-41)95-66-61(97-64(86)39-15-7-4-8-16-39)60(56(80)49(32-74)96-66)94-48(63(84)85)27-37-12-5-3-6-13-37;1-4(2)3/h4,7-10,14-19,24-26,30,36-37,41,44,47-49,55-61,65-66,69,74,79-82H,3,5-6,11-13,20-23,27-29,31-34H2,1-2H3,(H,68,77)(H,70,78)(H,71,83)(H,84,85)(H,88,89,90)(H2,72,73,76,87);/t36?,41?,44?,47?,48-,49?,55?,56?,57?,58?,59?,60?,61?,65?,66?;/m0./s1. The van der Waals surface area contributed by atoms with E-state index in [1.54, 1.807) is 61.5 Å². The van der Waals surface area contributed by atoms with Gasteiger partial charge in [0.05, 0.1) is 43.6 Å². The second-order valence-electron chi connectivity index (χ2n) is 25.3. The first-order valence-corrected chi connectivity index (χ1v) is 35.6. The fourth-order valence-corrected chi connectivity index (χ4v) is 13.6. The van der Waals surface area contributed by atoms with Gasteiger partial charge in [-0.3, -0.25) is 33.5 Å². The average Bonchev–Trinajstić information content (AvgIpc) is 0.780. The number of aromatic nitrogens is 2. The van der Waals surface area contributed by atoms with E-state index < -0.39 is 178 Å². The molecule has 34 nitrogen and oxygen atoms in total. The number of carboxylic acid groups (broad SMARTS) is 1. The molecule has 562 valence electrons. The van der Waals surface area contributed by atoms with Crippen LogP contribution in [0.1, 0.15) is 103 Å². The van der Waals surface area contributed by atoms with Crippen molar-refractivity contribution < 1.29 is 123 Å². The van der Waals surface area contributed by atoms with E-state index in [9.17, 15) is 82.0 Å². The number of ether oxygens (including phenoxy) is 8. The van der Waals surface area contributed by atoms with E-state index in [2.05, 4.69) is 26.3 Å². The van der Waals surface area contributed by atoms with E-state index in [0.717, 1.165) is 30.9 Å². The van der Waals surface area contributed by atoms with Crippen LogP contribution in [-0.2, 0) is 84.3 Å². The molecule has 3 heterocycles. The number of amides is 3. The molecule has 1 aromatic heterocycles. The number of benzene rings is 4. The third kappa shape index (κ3) is 23.1. The summed E-state index contributed by atoms with van der Waals surface area (Å²) in [5, 5.41) is 78.3. The van der Waals surface area contributed by atoms with E-state index in [-0.39, 0.29) is 81.4 Å². The largest absolute Gasteiger partial charge is 0.479 e. The highest BCUT2D eigenvalue weighted by Crippen LogP contribution is 2.39. The van der Waals surface area contributed by atoms with E-state index in [1.165, 1.54) is 37.3 Å². The first-order valence-electron chi connectivity index (χ1n) is 33.2. The van der Waals surface area contributed by atoms with Crippen LogP contribution < -0.4 is 32.5 Å². The van der Waals surface area contributed by atoms with Crippen LogP contribution in [0.25, 0.3) is 10.8 Å². The van der Waals surface area contributed by atoms with Crippen molar-refractivity contribution in [1.82, 2.24) is 20.6 Å². The highest BCUT2D eigenvalue weighted by molar-refractivity contribution is 7.86. The van der Waals surface area contributed by atoms with Gasteiger partial charge < -0.3 is 94.8 Å². The maximum Gasteiger partial charge on any atom is 0.425 e. The number of carboxylic acids is 1. The number of nitrogens with one attached hydrogen (secondary N) is 6. The second kappa shape index (κ2) is 37.9. The molecule has 0 radical (unpaired) electrons. The number of anilines is 2. The third-order valence-corrected chi connectivity index (χ3v) is 18.6. The van der Waals surface area contributed by atoms with Gasteiger partial charge in [0.1, 0.15) is 72.3 Å². The molecule has 2 saturated carbocycles. The van der Waals surface area contributed by atoms with Gasteiger partial charge in [-0.05, 0) is 98.4 Å². The summed E-state index contributed by atoms with van der Waals surface area (Å²) in [6, 6.07) is 22.2. The molecule has 4 fully saturated rings. The number of aliphatic hydroxyl groups is 5. The Morgan fingerprint density at radius 2 is 1.46 bits per heavy atom. The van der Waals surface area contributed by atoms with Crippen LogP contribution in [-0.4, -0.2) is 227 Å². The van der Waals surface area contributed by atoms with Gasteiger partial charge in [0.2, 0.25) is 11.8 Å². The number of esters is 1. The zero-order valence-electron chi connectivity index (χ0n) is 55.9. The maximum absolute atomic E-state index is 14.6. The monoisotopic (exact) mass is 1480 g/mol. The normalized spacial score (nSPS) is 25.4. The van der Waals surface area contributed by atoms with Crippen molar-refractivity contribution >= 4 is 78.3 Å². The van der Waals surface area contributed by atoms with Crippen LogP contribution in [0, 0.1) is 18.8 Å². The minimum atomic E-state index is -4.54. The molecule has 15 atom stereocenters. The number of H-pyrrole nitrogens is 2. The summed E-state index contributed by atoms with van der Waals surface area (Å²) >= 11 is 0. The molecule has 13 N–H and O–H groups in total. The quantitative estimate of drug-likeness (QED) is 0.0165. The number of hydrogen-bond acceptors (Lipinski definition) is 27. The first kappa shape index (κ1) is 80.4. The lowest BCUT2D eigenvalue weighted by molar-refractivity contribution is -0.347. The molecule has 103 heavy (non-hydrogen) atoms. The molecule has 4 aromatic carbocycles. The van der Waals surface area contributed by atoms with Crippen molar-refractivity contribution in [2.45, 2.75) is 175 Å². The van der Waals surface area contributed by atoms with Crippen molar-refractivity contribution in [2.75, 3.05) is 50.2 Å². The molecule has 9 rings (SSSR count). The summed E-state index contributed by atoms with van der Waals surface area (Å²) < 4.78 is 108. The molecule has 2 saturated heterocycles. The van der Waals surface area contributed by atoms with Gasteiger partial charge in [0.25, 0.3) is 21.6 Å². The zero-order valence-corrected chi connectivity index (χ0v) is 57.6. The van der Waals surface area contributed by atoms with E-state index in [0.29, 0.717) is 40.6 Å². The number of carbonyl (C=O) groups excluding carboxylic acids is 5. The number of aromatic amines is 2. The van der Waals surface area contributed by atoms with Crippen molar-refractivity contribution in [3.8, 4) is 0 Å². The van der Waals surface area contributed by atoms with Crippen LogP contribution in [0.4, 0.5) is 11.4 Å². The van der Waals surface area contributed by atoms with Crippen molar-refractivity contribution in [2.24, 2.45) is 11.8 Å². The van der Waals surface area contributed by atoms with E-state index in [4.69, 9.17) is 50.5 Å². The Labute approximate surface area is 590 Å². The Hall–Kier alpha value is -8.31.